The van der Waals surface area contributed by atoms with Crippen LogP contribution in [0.15, 0.2) is 48.7 Å². The number of aromatic nitrogens is 3. The molecule has 2 aromatic heterocycles. The molecular formula is C25H23ClN4O3. The second-order valence-corrected chi connectivity index (χ2v) is 8.16. The Kier molecular flexibility index (Phi) is 6.16. The molecule has 0 atom stereocenters. The average Bonchev–Trinajstić information content (AvgIpc) is 3.18. The van der Waals surface area contributed by atoms with Crippen LogP contribution in [0.3, 0.4) is 0 Å². The van der Waals surface area contributed by atoms with E-state index in [0.29, 0.717) is 10.8 Å². The number of anilines is 1. The van der Waals surface area contributed by atoms with Crippen molar-refractivity contribution < 1.29 is 14.3 Å². The molecule has 0 fully saturated rings. The Balaban J connectivity index is 1.86. The molecule has 2 aromatic carbocycles. The van der Waals surface area contributed by atoms with E-state index >= 15 is 0 Å². The number of fused-ring (bicyclic) bond motifs is 1. The van der Waals surface area contributed by atoms with Gasteiger partial charge in [0.05, 0.1) is 28.9 Å². The molecule has 8 heteroatoms. The summed E-state index contributed by atoms with van der Waals surface area (Å²) in [6, 6.07) is 12.7. The molecule has 0 unspecified atom stereocenters. The number of carbonyl (C=O) groups excluding carboxylic acids is 2. The van der Waals surface area contributed by atoms with Crippen molar-refractivity contribution in [2.24, 2.45) is 0 Å². The van der Waals surface area contributed by atoms with Gasteiger partial charge in [0.2, 0.25) is 0 Å². The normalized spacial score (nSPS) is 10.9. The largest absolute Gasteiger partial charge is 0.462 e. The fourth-order valence-corrected chi connectivity index (χ4v) is 3.98. The highest BCUT2D eigenvalue weighted by Crippen LogP contribution is 2.27. The number of nitrogens with one attached hydrogen (secondary N) is 1. The van der Waals surface area contributed by atoms with E-state index in [4.69, 9.17) is 21.3 Å². The fraction of sp³-hybridized carbons (Fsp3) is 0.200. The van der Waals surface area contributed by atoms with Crippen molar-refractivity contribution in [3.63, 3.8) is 0 Å². The Hall–Kier alpha value is -3.71. The van der Waals surface area contributed by atoms with Crippen molar-refractivity contribution in [2.45, 2.75) is 27.7 Å². The maximum absolute atomic E-state index is 13.0. The average molecular weight is 463 g/mol. The quantitative estimate of drug-likeness (QED) is 0.400. The molecule has 0 radical (unpaired) electrons. The van der Waals surface area contributed by atoms with Gasteiger partial charge < -0.3 is 10.1 Å². The minimum Gasteiger partial charge on any atom is -0.462 e. The minimum atomic E-state index is -0.595. The molecule has 4 aromatic rings. The van der Waals surface area contributed by atoms with Gasteiger partial charge in [-0.1, -0.05) is 35.4 Å². The number of amides is 1. The van der Waals surface area contributed by atoms with E-state index < -0.39 is 11.9 Å². The molecule has 0 saturated heterocycles. The number of benzene rings is 2. The van der Waals surface area contributed by atoms with E-state index in [9.17, 15) is 9.59 Å². The van der Waals surface area contributed by atoms with Crippen molar-refractivity contribution in [1.82, 2.24) is 14.8 Å². The molecule has 4 rings (SSSR count). The predicted molar refractivity (Wildman–Crippen MR) is 128 cm³/mol. The molecule has 1 amide bonds. The zero-order valence-electron chi connectivity index (χ0n) is 18.8. The first-order chi connectivity index (χ1) is 15.8. The van der Waals surface area contributed by atoms with Gasteiger partial charge in [-0.3, -0.25) is 4.79 Å². The van der Waals surface area contributed by atoms with Crippen molar-refractivity contribution in [1.29, 1.82) is 0 Å². The third kappa shape index (κ3) is 4.32. The van der Waals surface area contributed by atoms with Gasteiger partial charge in [0.15, 0.2) is 11.6 Å². The molecule has 1 N–H and O–H groups in total. The van der Waals surface area contributed by atoms with Crippen molar-refractivity contribution in [2.75, 3.05) is 11.9 Å². The number of hydrogen-bond acceptors (Lipinski definition) is 5. The second-order valence-electron chi connectivity index (χ2n) is 7.75. The van der Waals surface area contributed by atoms with Crippen LogP contribution in [0, 0.1) is 20.8 Å². The monoisotopic (exact) mass is 462 g/mol. The first-order valence-electron chi connectivity index (χ1n) is 10.5. The smallest absolute Gasteiger partial charge is 0.343 e. The first kappa shape index (κ1) is 22.5. The lowest BCUT2D eigenvalue weighted by atomic mass is 10.0. The number of nitrogens with zero attached hydrogens (tertiary/aromatic N) is 3. The van der Waals surface area contributed by atoms with Crippen LogP contribution in [-0.4, -0.2) is 33.2 Å². The van der Waals surface area contributed by atoms with Crippen molar-refractivity contribution in [3.05, 3.63) is 81.5 Å². The van der Waals surface area contributed by atoms with E-state index in [1.165, 1.54) is 10.9 Å². The molecule has 2 heterocycles. The molecule has 0 spiro atoms. The number of carbonyl (C=O) groups is 2. The summed E-state index contributed by atoms with van der Waals surface area (Å²) >= 11 is 6.20. The highest BCUT2D eigenvalue weighted by Gasteiger charge is 2.24. The number of ether oxygens (including phenoxy) is 1. The van der Waals surface area contributed by atoms with Crippen molar-refractivity contribution in [3.8, 4) is 5.82 Å². The first-order valence-corrected chi connectivity index (χ1v) is 10.9. The number of hydrogen-bond donors (Lipinski definition) is 1. The summed E-state index contributed by atoms with van der Waals surface area (Å²) in [6.45, 7) is 7.93. The van der Waals surface area contributed by atoms with Crippen LogP contribution in [0.25, 0.3) is 16.7 Å². The highest BCUT2D eigenvalue weighted by atomic mass is 35.5. The van der Waals surface area contributed by atoms with E-state index in [2.05, 4.69) is 22.5 Å². The standard InChI is InChI=1S/C25H23ClN4O3/c1-5-33-25(32)19-13-27-30(23(19)29-24(31)17-8-6-7-9-20(17)26)21-12-15(3)18-11-14(2)10-16(4)22(18)28-21/h6-13H,5H2,1-4H3,(H,29,31). The summed E-state index contributed by atoms with van der Waals surface area (Å²) in [5, 5.41) is 8.47. The van der Waals surface area contributed by atoms with E-state index in [0.717, 1.165) is 27.6 Å². The summed E-state index contributed by atoms with van der Waals surface area (Å²) in [7, 11) is 0. The zero-order valence-corrected chi connectivity index (χ0v) is 19.5. The molecule has 168 valence electrons. The minimum absolute atomic E-state index is 0.123. The third-order valence-corrected chi connectivity index (χ3v) is 5.60. The van der Waals surface area contributed by atoms with Gasteiger partial charge in [-0.05, 0) is 63.1 Å². The number of halogens is 1. The summed E-state index contributed by atoms with van der Waals surface area (Å²) in [6.07, 6.45) is 1.36. The maximum atomic E-state index is 13.0. The number of aryl methyl sites for hydroxylation is 3. The molecule has 0 saturated carbocycles. The summed E-state index contributed by atoms with van der Waals surface area (Å²) in [4.78, 5) is 30.4. The van der Waals surface area contributed by atoms with Crippen LogP contribution in [-0.2, 0) is 4.74 Å². The van der Waals surface area contributed by atoms with Gasteiger partial charge in [-0.25, -0.2) is 9.78 Å². The van der Waals surface area contributed by atoms with Crippen molar-refractivity contribution >= 4 is 40.2 Å². The number of esters is 1. The summed E-state index contributed by atoms with van der Waals surface area (Å²) < 4.78 is 6.60. The Bertz CT molecular complexity index is 1390. The lowest BCUT2D eigenvalue weighted by Gasteiger charge is -2.14. The molecule has 0 aliphatic rings. The van der Waals surface area contributed by atoms with Gasteiger partial charge in [-0.2, -0.15) is 9.78 Å². The van der Waals surface area contributed by atoms with E-state index in [1.807, 2.05) is 26.8 Å². The fourth-order valence-electron chi connectivity index (χ4n) is 3.76. The Morgan fingerprint density at radius 1 is 1.06 bits per heavy atom. The summed E-state index contributed by atoms with van der Waals surface area (Å²) in [5.74, 6) is -0.439. The summed E-state index contributed by atoms with van der Waals surface area (Å²) in [5.41, 5.74) is 4.39. The maximum Gasteiger partial charge on any atom is 0.343 e. The lowest BCUT2D eigenvalue weighted by Crippen LogP contribution is -2.19. The molecular weight excluding hydrogens is 440 g/mol. The zero-order chi connectivity index (χ0) is 23.7. The molecule has 7 nitrogen and oxygen atoms in total. The topological polar surface area (TPSA) is 86.1 Å². The Labute approximate surface area is 196 Å². The number of rotatable bonds is 5. The van der Waals surface area contributed by atoms with Crippen LogP contribution in [0.2, 0.25) is 5.02 Å². The van der Waals surface area contributed by atoms with Crippen LogP contribution >= 0.6 is 11.6 Å². The van der Waals surface area contributed by atoms with Gasteiger partial charge in [-0.15, -0.1) is 0 Å². The Morgan fingerprint density at radius 2 is 1.82 bits per heavy atom. The lowest BCUT2D eigenvalue weighted by molar-refractivity contribution is 0.0527. The SMILES string of the molecule is CCOC(=O)c1cnn(-c2cc(C)c3cc(C)cc(C)c3n2)c1NC(=O)c1ccccc1Cl. The van der Waals surface area contributed by atoms with Gasteiger partial charge in [0, 0.05) is 5.39 Å². The third-order valence-electron chi connectivity index (χ3n) is 5.27. The molecule has 0 aliphatic heterocycles. The second kappa shape index (κ2) is 9.03. The van der Waals surface area contributed by atoms with Crippen LogP contribution in [0.4, 0.5) is 5.82 Å². The highest BCUT2D eigenvalue weighted by molar-refractivity contribution is 6.34. The van der Waals surface area contributed by atoms with Crippen LogP contribution in [0.5, 0.6) is 0 Å². The van der Waals surface area contributed by atoms with Crippen LogP contribution in [0.1, 0.15) is 44.3 Å². The molecule has 33 heavy (non-hydrogen) atoms. The predicted octanol–water partition coefficient (Wildman–Crippen LogP) is 5.43. The van der Waals surface area contributed by atoms with Gasteiger partial charge in [0.25, 0.3) is 5.91 Å². The molecule has 0 bridgehead atoms. The van der Waals surface area contributed by atoms with E-state index in [1.54, 1.807) is 31.2 Å². The van der Waals surface area contributed by atoms with E-state index in [-0.39, 0.29) is 23.6 Å². The van der Waals surface area contributed by atoms with Gasteiger partial charge in [0.1, 0.15) is 5.56 Å². The number of pyridine rings is 1. The van der Waals surface area contributed by atoms with Gasteiger partial charge >= 0.3 is 5.97 Å². The Morgan fingerprint density at radius 3 is 2.55 bits per heavy atom. The van der Waals surface area contributed by atoms with Crippen LogP contribution < -0.4 is 5.32 Å². The molecule has 0 aliphatic carbocycles.